The van der Waals surface area contributed by atoms with E-state index in [-0.39, 0.29) is 11.8 Å². The summed E-state index contributed by atoms with van der Waals surface area (Å²) in [4.78, 5) is 17.3. The quantitative estimate of drug-likeness (QED) is 0.309. The van der Waals surface area contributed by atoms with Gasteiger partial charge in [-0.2, -0.15) is 19.5 Å². The van der Waals surface area contributed by atoms with Crippen molar-refractivity contribution in [3.05, 3.63) is 42.4 Å². The lowest BCUT2D eigenvalue weighted by atomic mass is 10.2. The summed E-state index contributed by atoms with van der Waals surface area (Å²) in [5.41, 5.74) is 6.60. The van der Waals surface area contributed by atoms with Crippen molar-refractivity contribution < 1.29 is 17.8 Å². The maximum atomic E-state index is 14.7. The lowest BCUT2D eigenvalue weighted by molar-refractivity contribution is 0.266. The summed E-state index contributed by atoms with van der Waals surface area (Å²) in [5.74, 6) is 2.32. The van der Waals surface area contributed by atoms with Gasteiger partial charge in [-0.3, -0.25) is 9.11 Å². The minimum atomic E-state index is -0.939. The molecular formula is C23H28FN9O3S. The summed E-state index contributed by atoms with van der Waals surface area (Å²) >= 11 is 0. The minimum Gasteiger partial charge on any atom is -0.493 e. The predicted molar refractivity (Wildman–Crippen MR) is 139 cm³/mol. The number of halogens is 1. The molecule has 0 saturated carbocycles. The van der Waals surface area contributed by atoms with Gasteiger partial charge in [0, 0.05) is 62.4 Å². The summed E-state index contributed by atoms with van der Waals surface area (Å²) in [6.07, 6.45) is 3.16. The monoisotopic (exact) mass is 529 g/mol. The second-order valence-electron chi connectivity index (χ2n) is 8.52. The van der Waals surface area contributed by atoms with E-state index in [1.807, 2.05) is 4.90 Å². The minimum absolute atomic E-state index is 0.171. The van der Waals surface area contributed by atoms with Gasteiger partial charge in [0.1, 0.15) is 11.6 Å². The topological polar surface area (TPSA) is 140 Å². The fraction of sp³-hybridized carbons (Fsp3) is 0.391. The fourth-order valence-corrected chi connectivity index (χ4v) is 4.36. The molecular weight excluding hydrogens is 501 g/mol. The van der Waals surface area contributed by atoms with E-state index in [0.29, 0.717) is 66.7 Å². The molecule has 0 spiro atoms. The second-order valence-corrected chi connectivity index (χ2v) is 10.1. The molecule has 1 atom stereocenters. The smallest absolute Gasteiger partial charge is 0.259 e. The standard InChI is InChI=1S/C23H28FN9O3S/c1-37(34)14-13-35-16-4-5-18(17(24)15-16)32-10-8-31(9-11-32)7-6-26-22-28-21(25)33-23(29-22)27-20(30-33)19-3-2-12-36-19/h2-5,12,15H,6-11,13-14H2,1H3,(H3,25,26,27,28,29,30). The highest BCUT2D eigenvalue weighted by molar-refractivity contribution is 7.84. The van der Waals surface area contributed by atoms with Crippen molar-refractivity contribution in [2.45, 2.75) is 0 Å². The first-order valence-electron chi connectivity index (χ1n) is 11.8. The number of aromatic nitrogens is 5. The van der Waals surface area contributed by atoms with Crippen LogP contribution in [0.5, 0.6) is 5.75 Å². The van der Waals surface area contributed by atoms with E-state index in [4.69, 9.17) is 14.9 Å². The van der Waals surface area contributed by atoms with Gasteiger partial charge in [0.2, 0.25) is 17.7 Å². The van der Waals surface area contributed by atoms with Crippen molar-refractivity contribution in [1.82, 2.24) is 29.5 Å². The van der Waals surface area contributed by atoms with Crippen LogP contribution in [0.15, 0.2) is 41.0 Å². The Hall–Kier alpha value is -3.78. The molecule has 0 aliphatic carbocycles. The Morgan fingerprint density at radius 3 is 2.76 bits per heavy atom. The molecule has 3 aromatic heterocycles. The molecule has 5 rings (SSSR count). The van der Waals surface area contributed by atoms with Crippen LogP contribution in [0.4, 0.5) is 22.0 Å². The van der Waals surface area contributed by atoms with Crippen molar-refractivity contribution in [1.29, 1.82) is 0 Å². The SMILES string of the molecule is CS(=O)CCOc1ccc(N2CCN(CCNc3nc(N)n4nc(-c5ccco5)nc4n3)CC2)c(F)c1. The molecule has 4 aromatic rings. The Bertz CT molecular complexity index is 1370. The Balaban J connectivity index is 1.11. The highest BCUT2D eigenvalue weighted by atomic mass is 32.2. The van der Waals surface area contributed by atoms with Gasteiger partial charge in [0.05, 0.1) is 24.3 Å². The number of piperazine rings is 1. The third-order valence-corrected chi connectivity index (χ3v) is 6.70. The number of nitrogens with zero attached hydrogens (tertiary/aromatic N) is 7. The number of fused-ring (bicyclic) bond motifs is 1. The highest BCUT2D eigenvalue weighted by Gasteiger charge is 2.20. The van der Waals surface area contributed by atoms with Crippen molar-refractivity contribution in [3.63, 3.8) is 0 Å². The normalized spacial score (nSPS) is 15.2. The largest absolute Gasteiger partial charge is 0.493 e. The third kappa shape index (κ3) is 5.97. The Labute approximate surface area is 215 Å². The maximum Gasteiger partial charge on any atom is 0.259 e. The van der Waals surface area contributed by atoms with Gasteiger partial charge in [-0.1, -0.05) is 0 Å². The van der Waals surface area contributed by atoms with E-state index in [2.05, 4.69) is 30.3 Å². The number of hydrogen-bond donors (Lipinski definition) is 2. The van der Waals surface area contributed by atoms with E-state index in [1.54, 1.807) is 36.8 Å². The summed E-state index contributed by atoms with van der Waals surface area (Å²) in [6.45, 7) is 4.66. The molecule has 37 heavy (non-hydrogen) atoms. The van der Waals surface area contributed by atoms with E-state index >= 15 is 0 Å². The van der Waals surface area contributed by atoms with Gasteiger partial charge in [-0.25, -0.2) is 4.39 Å². The van der Waals surface area contributed by atoms with Crippen molar-refractivity contribution >= 4 is 34.2 Å². The van der Waals surface area contributed by atoms with Gasteiger partial charge < -0.3 is 25.1 Å². The predicted octanol–water partition coefficient (Wildman–Crippen LogP) is 1.49. The number of nitrogens with one attached hydrogen (secondary N) is 1. The van der Waals surface area contributed by atoms with Crippen LogP contribution in [0.1, 0.15) is 0 Å². The average molecular weight is 530 g/mol. The second kappa shape index (κ2) is 11.1. The van der Waals surface area contributed by atoms with Gasteiger partial charge >= 0.3 is 0 Å². The van der Waals surface area contributed by atoms with Crippen LogP contribution in [-0.2, 0) is 10.8 Å². The molecule has 1 unspecified atom stereocenters. The molecule has 0 radical (unpaired) electrons. The zero-order chi connectivity index (χ0) is 25.8. The summed E-state index contributed by atoms with van der Waals surface area (Å²) in [7, 11) is -0.939. The molecule has 196 valence electrons. The molecule has 1 fully saturated rings. The van der Waals surface area contributed by atoms with Crippen LogP contribution in [0, 0.1) is 5.82 Å². The molecule has 1 saturated heterocycles. The number of furan rings is 1. The Morgan fingerprint density at radius 2 is 2.03 bits per heavy atom. The lowest BCUT2D eigenvalue weighted by Crippen LogP contribution is -2.48. The van der Waals surface area contributed by atoms with E-state index in [0.717, 1.165) is 19.6 Å². The molecule has 14 heteroatoms. The molecule has 1 aliphatic rings. The fourth-order valence-electron chi connectivity index (χ4n) is 4.04. The van der Waals surface area contributed by atoms with Gasteiger partial charge in [0.25, 0.3) is 5.78 Å². The average Bonchev–Trinajstić information content (AvgIpc) is 3.55. The first kappa shape index (κ1) is 24.9. The molecule has 1 aromatic carbocycles. The van der Waals surface area contributed by atoms with E-state index in [9.17, 15) is 8.60 Å². The summed E-state index contributed by atoms with van der Waals surface area (Å²) < 4.78 is 38.0. The van der Waals surface area contributed by atoms with Gasteiger partial charge in [-0.05, 0) is 24.3 Å². The van der Waals surface area contributed by atoms with Crippen molar-refractivity contribution in [2.75, 3.05) is 73.8 Å². The molecule has 1 aliphatic heterocycles. The number of nitrogens with two attached hydrogens (primary N) is 1. The third-order valence-electron chi connectivity index (χ3n) is 5.96. The number of nitrogen functional groups attached to an aromatic ring is 1. The number of hydrogen-bond acceptors (Lipinski definition) is 11. The van der Waals surface area contributed by atoms with Gasteiger partial charge in [-0.15, -0.1) is 5.10 Å². The van der Waals surface area contributed by atoms with E-state index in [1.165, 1.54) is 10.6 Å². The molecule has 0 bridgehead atoms. The van der Waals surface area contributed by atoms with Crippen LogP contribution in [-0.4, -0.2) is 91.6 Å². The number of rotatable bonds is 10. The molecule has 12 nitrogen and oxygen atoms in total. The van der Waals surface area contributed by atoms with E-state index < -0.39 is 10.8 Å². The van der Waals surface area contributed by atoms with Crippen LogP contribution in [0.3, 0.4) is 0 Å². The first-order chi connectivity index (χ1) is 18.0. The number of benzene rings is 1. The van der Waals surface area contributed by atoms with Crippen LogP contribution in [0.25, 0.3) is 17.4 Å². The Morgan fingerprint density at radius 1 is 1.19 bits per heavy atom. The highest BCUT2D eigenvalue weighted by Crippen LogP contribution is 2.25. The zero-order valence-corrected chi connectivity index (χ0v) is 21.2. The summed E-state index contributed by atoms with van der Waals surface area (Å²) in [6, 6.07) is 8.40. The molecule has 0 amide bonds. The van der Waals surface area contributed by atoms with Crippen LogP contribution in [0.2, 0.25) is 0 Å². The summed E-state index contributed by atoms with van der Waals surface area (Å²) in [5, 5.41) is 7.48. The van der Waals surface area contributed by atoms with Crippen molar-refractivity contribution in [2.24, 2.45) is 0 Å². The van der Waals surface area contributed by atoms with Crippen LogP contribution < -0.4 is 20.7 Å². The van der Waals surface area contributed by atoms with Crippen molar-refractivity contribution in [3.8, 4) is 17.3 Å². The first-order valence-corrected chi connectivity index (χ1v) is 13.6. The molecule has 4 heterocycles. The Kier molecular flexibility index (Phi) is 7.46. The maximum absolute atomic E-state index is 14.7. The molecule has 3 N–H and O–H groups in total. The lowest BCUT2D eigenvalue weighted by Gasteiger charge is -2.36. The number of anilines is 3. The van der Waals surface area contributed by atoms with Gasteiger partial charge in [0.15, 0.2) is 5.76 Å². The number of ether oxygens (including phenoxy) is 1. The zero-order valence-electron chi connectivity index (χ0n) is 20.3. The van der Waals surface area contributed by atoms with Crippen LogP contribution >= 0.6 is 0 Å².